The van der Waals surface area contributed by atoms with E-state index in [0.29, 0.717) is 12.0 Å². The van der Waals surface area contributed by atoms with Gasteiger partial charge >= 0.3 is 0 Å². The van der Waals surface area contributed by atoms with E-state index in [4.69, 9.17) is 9.73 Å². The maximum Gasteiger partial charge on any atom is 0.191 e. The number of aliphatic imine (C=N–C) groups is 1. The van der Waals surface area contributed by atoms with Gasteiger partial charge in [-0.1, -0.05) is 12.1 Å². The van der Waals surface area contributed by atoms with Crippen LogP contribution in [0.15, 0.2) is 29.3 Å². The van der Waals surface area contributed by atoms with Gasteiger partial charge in [0.25, 0.3) is 0 Å². The van der Waals surface area contributed by atoms with Gasteiger partial charge in [-0.25, -0.2) is 4.39 Å². The third-order valence-corrected chi connectivity index (χ3v) is 6.42. The smallest absolute Gasteiger partial charge is 0.191 e. The molecule has 0 atom stereocenters. The van der Waals surface area contributed by atoms with Gasteiger partial charge < -0.3 is 20.3 Å². The number of ether oxygens (including phenoxy) is 1. The van der Waals surface area contributed by atoms with E-state index in [-0.39, 0.29) is 5.82 Å². The average Bonchev–Trinajstić information content (AvgIpc) is 2.80. The van der Waals surface area contributed by atoms with Crippen molar-refractivity contribution in [3.8, 4) is 0 Å². The van der Waals surface area contributed by atoms with E-state index in [1.807, 2.05) is 12.1 Å². The minimum absolute atomic E-state index is 0.168. The molecule has 2 saturated heterocycles. The fraction of sp³-hybridized carbons (Fsp3) is 0.708. The topological polar surface area (TPSA) is 52.1 Å². The van der Waals surface area contributed by atoms with E-state index >= 15 is 0 Å². The molecule has 2 N–H and O–H groups in total. The quantitative estimate of drug-likeness (QED) is 0.463. The van der Waals surface area contributed by atoms with Crippen LogP contribution in [0.5, 0.6) is 0 Å². The predicted octanol–water partition coefficient (Wildman–Crippen LogP) is 2.70. The molecule has 0 saturated carbocycles. The number of benzene rings is 1. The van der Waals surface area contributed by atoms with Gasteiger partial charge in [0.2, 0.25) is 0 Å². The van der Waals surface area contributed by atoms with Crippen LogP contribution in [0.1, 0.15) is 38.2 Å². The SMILES string of the molecule is CCNC(=NCC1CCN(CCOC)CC1)NC1CCN(Cc2ccc(F)cc2)CC1. The van der Waals surface area contributed by atoms with Crippen molar-refractivity contribution < 1.29 is 9.13 Å². The number of hydrogen-bond acceptors (Lipinski definition) is 4. The molecule has 2 fully saturated rings. The molecule has 174 valence electrons. The molecule has 2 aliphatic rings. The van der Waals surface area contributed by atoms with Gasteiger partial charge in [-0.2, -0.15) is 0 Å². The first-order valence-corrected chi connectivity index (χ1v) is 11.9. The van der Waals surface area contributed by atoms with Crippen LogP contribution < -0.4 is 10.6 Å². The van der Waals surface area contributed by atoms with Gasteiger partial charge in [0.15, 0.2) is 5.96 Å². The Morgan fingerprint density at radius 1 is 1.06 bits per heavy atom. The Hall–Kier alpha value is -1.70. The van der Waals surface area contributed by atoms with Crippen LogP contribution in [-0.4, -0.2) is 81.3 Å². The number of guanidine groups is 1. The standard InChI is InChI=1S/C24H40FN5O/c1-3-26-24(27-18-20-8-12-29(13-9-20)16-17-31-2)28-23-10-14-30(15-11-23)19-21-4-6-22(25)7-5-21/h4-7,20,23H,3,8-19H2,1-2H3,(H2,26,27,28). The van der Waals surface area contributed by atoms with Crippen LogP contribution in [0.25, 0.3) is 0 Å². The number of likely N-dealkylation sites (tertiary alicyclic amines) is 2. The highest BCUT2D eigenvalue weighted by Gasteiger charge is 2.21. The minimum Gasteiger partial charge on any atom is -0.383 e. The number of hydrogen-bond donors (Lipinski definition) is 2. The van der Waals surface area contributed by atoms with Crippen LogP contribution in [0.4, 0.5) is 4.39 Å². The van der Waals surface area contributed by atoms with Gasteiger partial charge in [-0.15, -0.1) is 0 Å². The van der Waals surface area contributed by atoms with Gasteiger partial charge in [0.1, 0.15) is 5.82 Å². The van der Waals surface area contributed by atoms with Gasteiger partial charge in [0.05, 0.1) is 6.61 Å². The molecule has 0 aliphatic carbocycles. The fourth-order valence-electron chi connectivity index (χ4n) is 4.43. The lowest BCUT2D eigenvalue weighted by Crippen LogP contribution is -2.48. The van der Waals surface area contributed by atoms with Crippen molar-refractivity contribution in [2.75, 3.05) is 59.5 Å². The second kappa shape index (κ2) is 13.0. The minimum atomic E-state index is -0.168. The van der Waals surface area contributed by atoms with E-state index in [1.54, 1.807) is 19.2 Å². The molecule has 6 nitrogen and oxygen atoms in total. The molecule has 7 heteroatoms. The Bertz CT molecular complexity index is 652. The Morgan fingerprint density at radius 2 is 1.74 bits per heavy atom. The molecule has 1 aromatic carbocycles. The summed E-state index contributed by atoms with van der Waals surface area (Å²) in [5.74, 6) is 1.46. The van der Waals surface area contributed by atoms with Crippen LogP contribution in [-0.2, 0) is 11.3 Å². The maximum absolute atomic E-state index is 13.1. The molecule has 1 aromatic rings. The maximum atomic E-state index is 13.1. The molecular weight excluding hydrogens is 393 g/mol. The Morgan fingerprint density at radius 3 is 2.39 bits per heavy atom. The molecule has 0 spiro atoms. The zero-order chi connectivity index (χ0) is 21.9. The van der Waals surface area contributed by atoms with E-state index in [9.17, 15) is 4.39 Å². The van der Waals surface area contributed by atoms with Gasteiger partial charge in [-0.3, -0.25) is 9.89 Å². The van der Waals surface area contributed by atoms with E-state index in [0.717, 1.165) is 77.8 Å². The summed E-state index contributed by atoms with van der Waals surface area (Å²) in [6, 6.07) is 7.33. The summed E-state index contributed by atoms with van der Waals surface area (Å²) in [5, 5.41) is 7.09. The summed E-state index contributed by atoms with van der Waals surface area (Å²) in [6.07, 6.45) is 4.63. The summed E-state index contributed by atoms with van der Waals surface area (Å²) < 4.78 is 18.3. The molecule has 0 bridgehead atoms. The lowest BCUT2D eigenvalue weighted by molar-refractivity contribution is 0.121. The zero-order valence-corrected chi connectivity index (χ0v) is 19.3. The molecule has 0 unspecified atom stereocenters. The van der Waals surface area contributed by atoms with Crippen LogP contribution in [0.3, 0.4) is 0 Å². The van der Waals surface area contributed by atoms with Gasteiger partial charge in [0, 0.05) is 52.4 Å². The Kier molecular flexibility index (Phi) is 10.0. The van der Waals surface area contributed by atoms with Crippen molar-refractivity contribution in [3.63, 3.8) is 0 Å². The van der Waals surface area contributed by atoms with Crippen molar-refractivity contribution in [2.45, 2.75) is 45.2 Å². The highest BCUT2D eigenvalue weighted by molar-refractivity contribution is 5.80. The molecular formula is C24H40FN5O. The molecule has 0 aromatic heterocycles. The number of nitrogens with zero attached hydrogens (tertiary/aromatic N) is 3. The van der Waals surface area contributed by atoms with E-state index in [1.165, 1.54) is 18.4 Å². The summed E-state index contributed by atoms with van der Waals surface area (Å²) in [6.45, 7) is 11.1. The number of nitrogens with one attached hydrogen (secondary N) is 2. The second-order valence-corrected chi connectivity index (χ2v) is 8.82. The normalized spacial score (nSPS) is 20.2. The first kappa shape index (κ1) is 24.0. The third-order valence-electron chi connectivity index (χ3n) is 6.42. The van der Waals surface area contributed by atoms with Crippen LogP contribution >= 0.6 is 0 Å². The highest BCUT2D eigenvalue weighted by Crippen LogP contribution is 2.18. The largest absolute Gasteiger partial charge is 0.383 e. The lowest BCUT2D eigenvalue weighted by atomic mass is 9.97. The lowest BCUT2D eigenvalue weighted by Gasteiger charge is -2.33. The summed E-state index contributed by atoms with van der Waals surface area (Å²) in [7, 11) is 1.77. The number of halogens is 1. The van der Waals surface area contributed by atoms with Crippen molar-refractivity contribution in [1.29, 1.82) is 0 Å². The number of methoxy groups -OCH3 is 1. The highest BCUT2D eigenvalue weighted by atomic mass is 19.1. The number of piperidine rings is 2. The molecule has 0 amide bonds. The van der Waals surface area contributed by atoms with Gasteiger partial charge in [-0.05, 0) is 69.3 Å². The first-order valence-electron chi connectivity index (χ1n) is 11.9. The van der Waals surface area contributed by atoms with Crippen LogP contribution in [0.2, 0.25) is 0 Å². The summed E-state index contributed by atoms with van der Waals surface area (Å²) in [5.41, 5.74) is 1.18. The van der Waals surface area contributed by atoms with E-state index < -0.39 is 0 Å². The van der Waals surface area contributed by atoms with Crippen molar-refractivity contribution in [3.05, 3.63) is 35.6 Å². The van der Waals surface area contributed by atoms with Crippen molar-refractivity contribution in [2.24, 2.45) is 10.9 Å². The first-order chi connectivity index (χ1) is 15.2. The Balaban J connectivity index is 1.39. The van der Waals surface area contributed by atoms with E-state index in [2.05, 4.69) is 27.4 Å². The second-order valence-electron chi connectivity index (χ2n) is 8.82. The molecule has 0 radical (unpaired) electrons. The number of rotatable bonds is 9. The predicted molar refractivity (Wildman–Crippen MR) is 125 cm³/mol. The summed E-state index contributed by atoms with van der Waals surface area (Å²) in [4.78, 5) is 9.86. The zero-order valence-electron chi connectivity index (χ0n) is 19.3. The summed E-state index contributed by atoms with van der Waals surface area (Å²) >= 11 is 0. The fourth-order valence-corrected chi connectivity index (χ4v) is 4.43. The monoisotopic (exact) mass is 433 g/mol. The van der Waals surface area contributed by atoms with Crippen molar-refractivity contribution >= 4 is 5.96 Å². The van der Waals surface area contributed by atoms with Crippen LogP contribution in [0, 0.1) is 11.7 Å². The average molecular weight is 434 g/mol. The van der Waals surface area contributed by atoms with Crippen molar-refractivity contribution in [1.82, 2.24) is 20.4 Å². The molecule has 2 aliphatic heterocycles. The molecule has 3 rings (SSSR count). The molecule has 2 heterocycles. The molecule has 31 heavy (non-hydrogen) atoms. The third kappa shape index (κ3) is 8.39. The Labute approximate surface area is 187 Å².